The van der Waals surface area contributed by atoms with E-state index in [1.54, 1.807) is 24.3 Å². The number of hydrogen-bond donors (Lipinski definition) is 7. The molecule has 2 aromatic rings. The van der Waals surface area contributed by atoms with Crippen LogP contribution in [0.4, 0.5) is 23.1 Å². The number of rotatable bonds is 7. The Morgan fingerprint density at radius 1 is 1.24 bits per heavy atom. The van der Waals surface area contributed by atoms with Crippen LogP contribution in [0.15, 0.2) is 29.1 Å². The normalized spacial score (nSPS) is 16.6. The second-order valence-corrected chi connectivity index (χ2v) is 8.30. The quantitative estimate of drug-likeness (QED) is 0.231. The molecule has 0 radical (unpaired) electrons. The molecular weight excluding hydrogens is 490 g/mol. The second kappa shape index (κ2) is 11.7. The third-order valence-electron chi connectivity index (χ3n) is 5.95. The highest BCUT2D eigenvalue weighted by atomic mass is 16.4. The second-order valence-electron chi connectivity index (χ2n) is 8.30. The highest BCUT2D eigenvalue weighted by Gasteiger charge is 2.34. The number of carbonyl (C=O) groups excluding carboxylic acids is 1. The van der Waals surface area contributed by atoms with Crippen molar-refractivity contribution >= 4 is 47.5 Å². The molecule has 198 valence electrons. The highest BCUT2D eigenvalue weighted by Crippen LogP contribution is 2.32. The number of amides is 1. The molecule has 1 aromatic heterocycles. The summed E-state index contributed by atoms with van der Waals surface area (Å²) in [7, 11) is 0. The molecule has 2 atom stereocenters. The number of aromatic amines is 1. The molecule has 2 aliphatic rings. The van der Waals surface area contributed by atoms with Crippen LogP contribution in [0.1, 0.15) is 29.6 Å². The number of carbonyl (C=O) groups is 4. The zero-order valence-electron chi connectivity index (χ0n) is 19.6. The topological polar surface area (TPSA) is 231 Å². The van der Waals surface area contributed by atoms with E-state index in [1.165, 1.54) is 0 Å². The third-order valence-corrected chi connectivity index (χ3v) is 5.95. The van der Waals surface area contributed by atoms with Gasteiger partial charge in [0.05, 0.1) is 12.7 Å². The zero-order valence-corrected chi connectivity index (χ0v) is 19.6. The van der Waals surface area contributed by atoms with Crippen LogP contribution < -0.4 is 31.7 Å². The Balaban J connectivity index is 0.00000121. The molecule has 1 fully saturated rings. The van der Waals surface area contributed by atoms with Crippen LogP contribution in [0.2, 0.25) is 0 Å². The molecule has 4 rings (SSSR count). The minimum Gasteiger partial charge on any atom is -0.483 e. The number of carboxylic acid groups (broad SMARTS) is 3. The Bertz CT molecular complexity index is 1220. The lowest BCUT2D eigenvalue weighted by molar-refractivity contribution is -0.140. The number of nitrogens with one attached hydrogen (secondary N) is 3. The first-order valence-electron chi connectivity index (χ1n) is 11.2. The SMILES string of the molecule is Nc1nc2c(c(=O)[nH]1)N1CN(c3ccc(C(=O)N[C@@H](CCC(=O)O)C(=O)O)cc3)CCC1CN2.O=CO. The molecule has 37 heavy (non-hydrogen) atoms. The standard InChI is InChI=1S/C21H25N7O6.CH2O2/c22-21-25-17-16(19(32)26-21)28-10-27(8-7-13(28)9-23-17)12-3-1-11(2-4-12)18(31)24-14(20(33)34)5-6-15(29)30;2-1-3/h1-4,13-14H,5-10H2,(H,24,31)(H,29,30)(H,33,34)(H4,22,23,25,26,32);1H,(H,2,3)/t13?,14-;/m0./s1. The summed E-state index contributed by atoms with van der Waals surface area (Å²) in [4.78, 5) is 66.2. The van der Waals surface area contributed by atoms with E-state index in [0.717, 1.165) is 18.7 Å². The van der Waals surface area contributed by atoms with E-state index in [-0.39, 0.29) is 42.4 Å². The number of aromatic nitrogens is 2. The number of nitrogens with two attached hydrogens (primary N) is 1. The molecule has 15 nitrogen and oxygen atoms in total. The van der Waals surface area contributed by atoms with Crippen molar-refractivity contribution in [2.75, 3.05) is 40.6 Å². The lowest BCUT2D eigenvalue weighted by Crippen LogP contribution is -2.57. The molecule has 3 heterocycles. The Kier molecular flexibility index (Phi) is 8.50. The summed E-state index contributed by atoms with van der Waals surface area (Å²) >= 11 is 0. The average molecular weight is 517 g/mol. The number of benzene rings is 1. The number of nitrogen functional groups attached to an aromatic ring is 1. The number of nitrogens with zero attached hydrogens (tertiary/aromatic N) is 3. The van der Waals surface area contributed by atoms with Crippen LogP contribution in [0.5, 0.6) is 0 Å². The lowest BCUT2D eigenvalue weighted by atomic mass is 10.1. The van der Waals surface area contributed by atoms with E-state index in [9.17, 15) is 24.3 Å². The number of carboxylic acids is 2. The van der Waals surface area contributed by atoms with Crippen molar-refractivity contribution in [3.05, 3.63) is 40.2 Å². The number of anilines is 4. The Hall–Kier alpha value is -4.82. The number of fused-ring (bicyclic) bond motifs is 3. The molecule has 0 spiro atoms. The molecule has 1 aromatic carbocycles. The van der Waals surface area contributed by atoms with Gasteiger partial charge in [0.15, 0.2) is 5.82 Å². The third kappa shape index (κ3) is 6.45. The van der Waals surface area contributed by atoms with Crippen molar-refractivity contribution in [2.24, 2.45) is 0 Å². The summed E-state index contributed by atoms with van der Waals surface area (Å²) in [6.07, 6.45) is 0.212. The predicted octanol–water partition coefficient (Wildman–Crippen LogP) is -0.431. The maximum Gasteiger partial charge on any atom is 0.326 e. The van der Waals surface area contributed by atoms with E-state index in [4.69, 9.17) is 20.7 Å². The van der Waals surface area contributed by atoms with Gasteiger partial charge in [-0.15, -0.1) is 0 Å². The number of H-pyrrole nitrogens is 1. The van der Waals surface area contributed by atoms with Crippen molar-refractivity contribution < 1.29 is 34.5 Å². The van der Waals surface area contributed by atoms with Crippen molar-refractivity contribution in [3.8, 4) is 0 Å². The Morgan fingerprint density at radius 3 is 2.54 bits per heavy atom. The summed E-state index contributed by atoms with van der Waals surface area (Å²) in [6.45, 7) is 1.57. The van der Waals surface area contributed by atoms with Gasteiger partial charge in [-0.1, -0.05) is 0 Å². The highest BCUT2D eigenvalue weighted by molar-refractivity contribution is 5.97. The molecule has 1 amide bonds. The lowest BCUT2D eigenvalue weighted by Gasteiger charge is -2.46. The fourth-order valence-electron chi connectivity index (χ4n) is 4.19. The summed E-state index contributed by atoms with van der Waals surface area (Å²) in [5, 5.41) is 30.4. The van der Waals surface area contributed by atoms with E-state index >= 15 is 0 Å². The van der Waals surface area contributed by atoms with Gasteiger partial charge < -0.3 is 41.5 Å². The van der Waals surface area contributed by atoms with E-state index in [0.29, 0.717) is 24.7 Å². The first kappa shape index (κ1) is 26.8. The molecule has 2 aliphatic heterocycles. The summed E-state index contributed by atoms with van der Waals surface area (Å²) in [5.74, 6) is -2.54. The van der Waals surface area contributed by atoms with Gasteiger partial charge in [-0.3, -0.25) is 24.2 Å². The van der Waals surface area contributed by atoms with Gasteiger partial charge in [-0.2, -0.15) is 4.98 Å². The molecule has 1 unspecified atom stereocenters. The summed E-state index contributed by atoms with van der Waals surface area (Å²) in [5.41, 5.74) is 6.86. The smallest absolute Gasteiger partial charge is 0.326 e. The summed E-state index contributed by atoms with van der Waals surface area (Å²) < 4.78 is 0. The van der Waals surface area contributed by atoms with Gasteiger partial charge in [-0.05, 0) is 37.1 Å². The molecular formula is C22H27N7O8. The monoisotopic (exact) mass is 517 g/mol. The van der Waals surface area contributed by atoms with Crippen LogP contribution in [-0.2, 0) is 14.4 Å². The van der Waals surface area contributed by atoms with Crippen molar-refractivity contribution in [1.82, 2.24) is 15.3 Å². The Labute approximate surface area is 209 Å². The average Bonchev–Trinajstić information content (AvgIpc) is 2.85. The first-order valence-corrected chi connectivity index (χ1v) is 11.2. The van der Waals surface area contributed by atoms with Crippen molar-refractivity contribution in [2.45, 2.75) is 31.3 Å². The molecule has 15 heteroatoms. The predicted molar refractivity (Wildman–Crippen MR) is 132 cm³/mol. The molecule has 0 aliphatic carbocycles. The van der Waals surface area contributed by atoms with Crippen molar-refractivity contribution in [3.63, 3.8) is 0 Å². The van der Waals surface area contributed by atoms with Gasteiger partial charge in [0.25, 0.3) is 17.9 Å². The minimum absolute atomic E-state index is 0.0468. The number of hydrogen-bond acceptors (Lipinski definition) is 10. The minimum atomic E-state index is -1.30. The molecule has 1 saturated heterocycles. The van der Waals surface area contributed by atoms with Crippen LogP contribution in [0, 0.1) is 0 Å². The van der Waals surface area contributed by atoms with Gasteiger partial charge >= 0.3 is 11.9 Å². The van der Waals surface area contributed by atoms with Gasteiger partial charge in [0, 0.05) is 30.8 Å². The first-order chi connectivity index (χ1) is 17.6. The van der Waals surface area contributed by atoms with Gasteiger partial charge in [0.1, 0.15) is 11.7 Å². The maximum absolute atomic E-state index is 12.5. The summed E-state index contributed by atoms with van der Waals surface area (Å²) in [6, 6.07) is 5.48. The van der Waals surface area contributed by atoms with Gasteiger partial charge in [-0.25, -0.2) is 4.79 Å². The molecule has 8 N–H and O–H groups in total. The fraction of sp³-hybridized carbons (Fsp3) is 0.364. The van der Waals surface area contributed by atoms with E-state index < -0.39 is 23.9 Å². The molecule has 0 saturated carbocycles. The van der Waals surface area contributed by atoms with E-state index in [1.807, 2.05) is 4.90 Å². The largest absolute Gasteiger partial charge is 0.483 e. The fourth-order valence-corrected chi connectivity index (χ4v) is 4.19. The zero-order chi connectivity index (χ0) is 27.1. The van der Waals surface area contributed by atoms with Crippen molar-refractivity contribution in [1.29, 1.82) is 0 Å². The van der Waals surface area contributed by atoms with Gasteiger partial charge in [0.2, 0.25) is 5.95 Å². The van der Waals surface area contributed by atoms with Crippen LogP contribution >= 0.6 is 0 Å². The van der Waals surface area contributed by atoms with Crippen LogP contribution in [-0.4, -0.2) is 81.4 Å². The number of aliphatic carboxylic acids is 2. The Morgan fingerprint density at radius 2 is 1.92 bits per heavy atom. The van der Waals surface area contributed by atoms with E-state index in [2.05, 4.69) is 25.5 Å². The maximum atomic E-state index is 12.5. The molecule has 0 bridgehead atoms. The van der Waals surface area contributed by atoms with Crippen LogP contribution in [0.25, 0.3) is 0 Å². The van der Waals surface area contributed by atoms with Crippen LogP contribution in [0.3, 0.4) is 0 Å².